The maximum Gasteiger partial charge on any atom is 0.0931 e. The van der Waals surface area contributed by atoms with Crippen molar-refractivity contribution >= 4 is 11.0 Å². The van der Waals surface area contributed by atoms with Crippen molar-refractivity contribution < 1.29 is 0 Å². The van der Waals surface area contributed by atoms with Crippen molar-refractivity contribution in [2.75, 3.05) is 20.1 Å². The van der Waals surface area contributed by atoms with Crippen LogP contribution >= 0.6 is 0 Å². The van der Waals surface area contributed by atoms with E-state index in [4.69, 9.17) is 0 Å². The van der Waals surface area contributed by atoms with Gasteiger partial charge in [0.2, 0.25) is 0 Å². The number of likely N-dealkylation sites (tertiary alicyclic amines) is 1. The first-order chi connectivity index (χ1) is 7.84. The van der Waals surface area contributed by atoms with Crippen LogP contribution in [0.2, 0.25) is 0 Å². The number of aromatic nitrogens is 2. The molecular formula is C13H17N3. The molecule has 2 aromatic rings. The highest BCUT2D eigenvalue weighted by Crippen LogP contribution is 2.31. The Morgan fingerprint density at radius 2 is 2.12 bits per heavy atom. The minimum absolute atomic E-state index is 0.684. The molecule has 0 spiro atoms. The fourth-order valence-corrected chi connectivity index (χ4v) is 2.64. The molecule has 0 amide bonds. The van der Waals surface area contributed by atoms with Crippen LogP contribution in [-0.4, -0.2) is 35.0 Å². The van der Waals surface area contributed by atoms with E-state index >= 15 is 0 Å². The van der Waals surface area contributed by atoms with Gasteiger partial charge in [0, 0.05) is 0 Å². The fraction of sp³-hybridized carbons (Fsp3) is 0.462. The van der Waals surface area contributed by atoms with Crippen LogP contribution in [0, 0.1) is 0 Å². The van der Waals surface area contributed by atoms with Gasteiger partial charge in [-0.1, -0.05) is 12.1 Å². The van der Waals surface area contributed by atoms with E-state index in [1.807, 2.05) is 0 Å². The molecule has 0 aliphatic carbocycles. The first-order valence-corrected chi connectivity index (χ1v) is 5.95. The molecule has 3 nitrogen and oxygen atoms in total. The van der Waals surface area contributed by atoms with Gasteiger partial charge in [-0.3, -0.25) is 0 Å². The highest BCUT2D eigenvalue weighted by Gasteiger charge is 2.20. The van der Waals surface area contributed by atoms with E-state index in [1.165, 1.54) is 31.5 Å². The molecule has 1 fully saturated rings. The summed E-state index contributed by atoms with van der Waals surface area (Å²) in [7, 11) is 2.20. The summed E-state index contributed by atoms with van der Waals surface area (Å²) in [6.07, 6.45) is 4.30. The summed E-state index contributed by atoms with van der Waals surface area (Å²) in [5, 5.41) is 0. The molecule has 0 atom stereocenters. The van der Waals surface area contributed by atoms with Crippen LogP contribution in [0.4, 0.5) is 0 Å². The molecule has 1 saturated heterocycles. The highest BCUT2D eigenvalue weighted by atomic mass is 15.1. The molecule has 0 radical (unpaired) electrons. The second-order valence-electron chi connectivity index (χ2n) is 4.72. The van der Waals surface area contributed by atoms with Crippen LogP contribution in [0.15, 0.2) is 24.5 Å². The van der Waals surface area contributed by atoms with Crippen LogP contribution in [0.25, 0.3) is 11.0 Å². The summed E-state index contributed by atoms with van der Waals surface area (Å²) in [5.74, 6) is 0.684. The second-order valence-corrected chi connectivity index (χ2v) is 4.72. The number of hydrogen-bond donors (Lipinski definition) is 1. The number of hydrogen-bond acceptors (Lipinski definition) is 2. The number of benzene rings is 1. The maximum atomic E-state index is 4.44. The Morgan fingerprint density at radius 1 is 1.31 bits per heavy atom. The van der Waals surface area contributed by atoms with Gasteiger partial charge in [-0.25, -0.2) is 4.98 Å². The van der Waals surface area contributed by atoms with Crippen molar-refractivity contribution in [2.24, 2.45) is 0 Å². The van der Waals surface area contributed by atoms with E-state index in [2.05, 4.69) is 40.1 Å². The largest absolute Gasteiger partial charge is 0.345 e. The molecule has 1 aromatic heterocycles. The molecule has 1 aromatic carbocycles. The third-order valence-electron chi connectivity index (χ3n) is 3.64. The number of nitrogens with one attached hydrogen (secondary N) is 1. The van der Waals surface area contributed by atoms with Crippen molar-refractivity contribution in [3.8, 4) is 0 Å². The minimum Gasteiger partial charge on any atom is -0.345 e. The first-order valence-electron chi connectivity index (χ1n) is 5.95. The van der Waals surface area contributed by atoms with Crippen LogP contribution in [0.5, 0.6) is 0 Å². The summed E-state index contributed by atoms with van der Waals surface area (Å²) in [6, 6.07) is 6.47. The first kappa shape index (κ1) is 9.85. The van der Waals surface area contributed by atoms with Gasteiger partial charge in [0.15, 0.2) is 0 Å². The summed E-state index contributed by atoms with van der Waals surface area (Å²) in [6.45, 7) is 2.40. The lowest BCUT2D eigenvalue weighted by atomic mass is 9.89. The van der Waals surface area contributed by atoms with Crippen molar-refractivity contribution in [2.45, 2.75) is 18.8 Å². The highest BCUT2D eigenvalue weighted by molar-refractivity contribution is 5.78. The van der Waals surface area contributed by atoms with E-state index in [-0.39, 0.29) is 0 Å². The molecule has 84 valence electrons. The summed E-state index contributed by atoms with van der Waals surface area (Å²) >= 11 is 0. The molecule has 1 N–H and O–H groups in total. The monoisotopic (exact) mass is 215 g/mol. The Bertz CT molecular complexity index is 481. The average Bonchev–Trinajstić information content (AvgIpc) is 2.78. The van der Waals surface area contributed by atoms with E-state index in [0.717, 1.165) is 11.0 Å². The number of rotatable bonds is 1. The number of para-hydroxylation sites is 1. The number of nitrogens with zero attached hydrogens (tertiary/aromatic N) is 2. The van der Waals surface area contributed by atoms with Crippen molar-refractivity contribution in [3.63, 3.8) is 0 Å². The number of aromatic amines is 1. The molecule has 0 bridgehead atoms. The van der Waals surface area contributed by atoms with Crippen LogP contribution in [0.3, 0.4) is 0 Å². The second kappa shape index (κ2) is 3.91. The van der Waals surface area contributed by atoms with E-state index in [1.54, 1.807) is 6.33 Å². The van der Waals surface area contributed by atoms with Crippen molar-refractivity contribution in [1.29, 1.82) is 0 Å². The van der Waals surface area contributed by atoms with Crippen molar-refractivity contribution in [1.82, 2.24) is 14.9 Å². The predicted molar refractivity (Wildman–Crippen MR) is 65.6 cm³/mol. The third kappa shape index (κ3) is 1.61. The van der Waals surface area contributed by atoms with Crippen LogP contribution in [-0.2, 0) is 0 Å². The average molecular weight is 215 g/mol. The van der Waals surface area contributed by atoms with E-state index in [0.29, 0.717) is 5.92 Å². The fourth-order valence-electron chi connectivity index (χ4n) is 2.64. The number of piperidine rings is 1. The van der Waals surface area contributed by atoms with E-state index in [9.17, 15) is 0 Å². The van der Waals surface area contributed by atoms with Crippen molar-refractivity contribution in [3.05, 3.63) is 30.1 Å². The molecular weight excluding hydrogens is 198 g/mol. The minimum atomic E-state index is 0.684. The van der Waals surface area contributed by atoms with Crippen LogP contribution in [0.1, 0.15) is 24.3 Å². The van der Waals surface area contributed by atoms with Gasteiger partial charge in [-0.2, -0.15) is 0 Å². The molecule has 2 heterocycles. The number of H-pyrrole nitrogens is 1. The predicted octanol–water partition coefficient (Wildman–Crippen LogP) is 2.37. The molecule has 1 aliphatic heterocycles. The lowest BCUT2D eigenvalue weighted by Gasteiger charge is -2.29. The number of fused-ring (bicyclic) bond motifs is 1. The van der Waals surface area contributed by atoms with Gasteiger partial charge >= 0.3 is 0 Å². The zero-order valence-corrected chi connectivity index (χ0v) is 9.61. The smallest absolute Gasteiger partial charge is 0.0931 e. The van der Waals surface area contributed by atoms with Gasteiger partial charge < -0.3 is 9.88 Å². The van der Waals surface area contributed by atoms with Crippen LogP contribution < -0.4 is 0 Å². The summed E-state index contributed by atoms with van der Waals surface area (Å²) in [5.41, 5.74) is 3.75. The Hall–Kier alpha value is -1.35. The van der Waals surface area contributed by atoms with Gasteiger partial charge in [-0.05, 0) is 50.5 Å². The van der Waals surface area contributed by atoms with Gasteiger partial charge in [0.05, 0.1) is 17.4 Å². The molecule has 16 heavy (non-hydrogen) atoms. The lowest BCUT2D eigenvalue weighted by molar-refractivity contribution is 0.256. The topological polar surface area (TPSA) is 31.9 Å². The summed E-state index contributed by atoms with van der Waals surface area (Å²) < 4.78 is 0. The maximum absolute atomic E-state index is 4.44. The van der Waals surface area contributed by atoms with Gasteiger partial charge in [0.1, 0.15) is 0 Å². The Labute approximate surface area is 95.5 Å². The molecule has 3 heteroatoms. The zero-order valence-electron chi connectivity index (χ0n) is 9.61. The quantitative estimate of drug-likeness (QED) is 0.792. The zero-order chi connectivity index (χ0) is 11.0. The summed E-state index contributed by atoms with van der Waals surface area (Å²) in [4.78, 5) is 10.0. The SMILES string of the molecule is CN1CCC(c2cccc3[nH]cnc23)CC1. The van der Waals surface area contributed by atoms with Gasteiger partial charge in [0.25, 0.3) is 0 Å². The van der Waals surface area contributed by atoms with Gasteiger partial charge in [-0.15, -0.1) is 0 Å². The molecule has 0 saturated carbocycles. The number of imidazole rings is 1. The molecule has 0 unspecified atom stereocenters. The third-order valence-corrected chi connectivity index (χ3v) is 3.64. The lowest BCUT2D eigenvalue weighted by Crippen LogP contribution is -2.29. The normalized spacial score (nSPS) is 19.3. The Kier molecular flexibility index (Phi) is 2.40. The van der Waals surface area contributed by atoms with E-state index < -0.39 is 0 Å². The Morgan fingerprint density at radius 3 is 2.94 bits per heavy atom. The molecule has 3 rings (SSSR count). The Balaban J connectivity index is 1.96. The molecule has 1 aliphatic rings. The standard InChI is InChI=1S/C13H17N3/c1-16-7-5-10(6-8-16)11-3-2-4-12-13(11)15-9-14-12/h2-4,9-10H,5-8H2,1H3,(H,14,15).